The highest BCUT2D eigenvalue weighted by atomic mass is 35.5. The molecule has 0 N–H and O–H groups in total. The zero-order valence-electron chi connectivity index (χ0n) is 17.3. The van der Waals surface area contributed by atoms with Gasteiger partial charge in [0.1, 0.15) is 11.9 Å². The van der Waals surface area contributed by atoms with Crippen LogP contribution in [0.3, 0.4) is 0 Å². The van der Waals surface area contributed by atoms with E-state index >= 15 is 0 Å². The SMILES string of the molecule is CN(C)C(=O)N1CCN(c2c3c(c(C#N)c4nc5ccccc5n24)CCC3)CC1.Cl. The summed E-state index contributed by atoms with van der Waals surface area (Å²) < 4.78 is 2.18. The molecule has 0 unspecified atom stereocenters. The van der Waals surface area contributed by atoms with Gasteiger partial charge in [0.2, 0.25) is 0 Å². The van der Waals surface area contributed by atoms with E-state index in [-0.39, 0.29) is 18.4 Å². The van der Waals surface area contributed by atoms with Crippen LogP contribution in [-0.2, 0) is 12.8 Å². The van der Waals surface area contributed by atoms with Gasteiger partial charge < -0.3 is 14.7 Å². The van der Waals surface area contributed by atoms with Crippen LogP contribution in [0.25, 0.3) is 16.7 Å². The van der Waals surface area contributed by atoms with Crippen molar-refractivity contribution >= 4 is 40.9 Å². The Balaban J connectivity index is 0.00000218. The van der Waals surface area contributed by atoms with E-state index in [1.807, 2.05) is 23.1 Å². The van der Waals surface area contributed by atoms with Crippen LogP contribution >= 0.6 is 12.4 Å². The number of carbonyl (C=O) groups excluding carboxylic acids is 1. The number of hydrogen-bond donors (Lipinski definition) is 0. The summed E-state index contributed by atoms with van der Waals surface area (Å²) in [5, 5.41) is 9.91. The maximum atomic E-state index is 12.3. The Labute approximate surface area is 181 Å². The molecule has 1 fully saturated rings. The number of benzene rings is 1. The second-order valence-electron chi connectivity index (χ2n) is 8.03. The molecule has 8 heteroatoms. The van der Waals surface area contributed by atoms with Gasteiger partial charge in [-0.1, -0.05) is 12.1 Å². The van der Waals surface area contributed by atoms with E-state index in [1.165, 1.54) is 5.56 Å². The number of rotatable bonds is 1. The Morgan fingerprint density at radius 3 is 2.50 bits per heavy atom. The smallest absolute Gasteiger partial charge is 0.319 e. The molecule has 0 bridgehead atoms. The average Bonchev–Trinajstić information content (AvgIpc) is 3.36. The molecule has 5 rings (SSSR count). The van der Waals surface area contributed by atoms with Gasteiger partial charge in [-0.25, -0.2) is 9.78 Å². The molecular formula is C22H25ClN6O. The first-order chi connectivity index (χ1) is 14.1. The van der Waals surface area contributed by atoms with E-state index in [0.717, 1.165) is 66.0 Å². The minimum atomic E-state index is 0. The summed E-state index contributed by atoms with van der Waals surface area (Å²) in [4.78, 5) is 23.1. The van der Waals surface area contributed by atoms with Crippen LogP contribution in [0, 0.1) is 11.3 Å². The lowest BCUT2D eigenvalue weighted by molar-refractivity contribution is 0.168. The van der Waals surface area contributed by atoms with E-state index < -0.39 is 0 Å². The molecule has 3 heterocycles. The minimum Gasteiger partial charge on any atom is -0.354 e. The van der Waals surface area contributed by atoms with Gasteiger partial charge in [-0.3, -0.25) is 4.40 Å². The van der Waals surface area contributed by atoms with Crippen molar-refractivity contribution < 1.29 is 4.79 Å². The standard InChI is InChI=1S/C22H24N6O.ClH/c1-25(2)22(29)27-12-10-26(11-13-27)21-16-7-5-6-15(16)17(14-23)20-24-18-8-3-4-9-19(18)28(20)21;/h3-4,8-9H,5-7,10-13H2,1-2H3;1H. The number of fused-ring (bicyclic) bond motifs is 4. The fourth-order valence-electron chi connectivity index (χ4n) is 4.79. The first-order valence-electron chi connectivity index (χ1n) is 10.2. The molecule has 1 aromatic carbocycles. The molecule has 0 saturated carbocycles. The third-order valence-corrected chi connectivity index (χ3v) is 6.13. The second-order valence-corrected chi connectivity index (χ2v) is 8.03. The quantitative estimate of drug-likeness (QED) is 0.602. The lowest BCUT2D eigenvalue weighted by atomic mass is 10.0. The van der Waals surface area contributed by atoms with E-state index in [9.17, 15) is 10.1 Å². The number of carbonyl (C=O) groups is 1. The van der Waals surface area contributed by atoms with Crippen molar-refractivity contribution in [2.45, 2.75) is 19.3 Å². The van der Waals surface area contributed by atoms with E-state index in [4.69, 9.17) is 4.98 Å². The second kappa shape index (κ2) is 7.69. The Hall–Kier alpha value is -2.98. The fourth-order valence-corrected chi connectivity index (χ4v) is 4.79. The predicted molar refractivity (Wildman–Crippen MR) is 120 cm³/mol. The molecule has 2 aliphatic rings. The highest BCUT2D eigenvalue weighted by Gasteiger charge is 2.30. The molecule has 1 saturated heterocycles. The number of hydrogen-bond acceptors (Lipinski definition) is 4. The highest BCUT2D eigenvalue weighted by molar-refractivity contribution is 5.87. The first kappa shape index (κ1) is 20.3. The highest BCUT2D eigenvalue weighted by Crippen LogP contribution is 2.38. The number of halogens is 1. The minimum absolute atomic E-state index is 0. The largest absolute Gasteiger partial charge is 0.354 e. The normalized spacial score (nSPS) is 15.8. The third-order valence-electron chi connectivity index (χ3n) is 6.13. The van der Waals surface area contributed by atoms with Gasteiger partial charge in [-0.2, -0.15) is 5.26 Å². The van der Waals surface area contributed by atoms with Crippen LogP contribution in [0.4, 0.5) is 10.6 Å². The van der Waals surface area contributed by atoms with Crippen molar-refractivity contribution in [2.75, 3.05) is 45.2 Å². The molecule has 2 amide bonds. The van der Waals surface area contributed by atoms with Crippen molar-refractivity contribution in [3.8, 4) is 6.07 Å². The van der Waals surface area contributed by atoms with E-state index in [0.29, 0.717) is 13.1 Å². The summed E-state index contributed by atoms with van der Waals surface area (Å²) in [7, 11) is 3.59. The van der Waals surface area contributed by atoms with Crippen LogP contribution in [0.5, 0.6) is 0 Å². The summed E-state index contributed by atoms with van der Waals surface area (Å²) in [6.07, 6.45) is 2.99. The van der Waals surface area contributed by atoms with Gasteiger partial charge >= 0.3 is 6.03 Å². The molecular weight excluding hydrogens is 400 g/mol. The van der Waals surface area contributed by atoms with Gasteiger partial charge in [-0.05, 0) is 42.5 Å². The number of para-hydroxylation sites is 2. The molecule has 30 heavy (non-hydrogen) atoms. The van der Waals surface area contributed by atoms with Crippen molar-refractivity contribution in [3.63, 3.8) is 0 Å². The maximum absolute atomic E-state index is 12.3. The third kappa shape index (κ3) is 2.94. The molecule has 2 aromatic heterocycles. The number of pyridine rings is 1. The lowest BCUT2D eigenvalue weighted by Gasteiger charge is -2.38. The van der Waals surface area contributed by atoms with E-state index in [1.54, 1.807) is 19.0 Å². The van der Waals surface area contributed by atoms with Crippen molar-refractivity contribution in [2.24, 2.45) is 0 Å². The van der Waals surface area contributed by atoms with Crippen LogP contribution in [0.15, 0.2) is 24.3 Å². The maximum Gasteiger partial charge on any atom is 0.319 e. The molecule has 0 radical (unpaired) electrons. The average molecular weight is 425 g/mol. The number of nitriles is 1. The van der Waals surface area contributed by atoms with Gasteiger partial charge in [0.15, 0.2) is 5.65 Å². The van der Waals surface area contributed by atoms with Crippen LogP contribution in [-0.4, -0.2) is 65.5 Å². The van der Waals surface area contributed by atoms with E-state index in [2.05, 4.69) is 21.4 Å². The Morgan fingerprint density at radius 2 is 1.80 bits per heavy atom. The summed E-state index contributed by atoms with van der Waals surface area (Å²) in [5.41, 5.74) is 5.88. The van der Waals surface area contributed by atoms with Gasteiger partial charge in [0.05, 0.1) is 16.6 Å². The Morgan fingerprint density at radius 1 is 1.10 bits per heavy atom. The Kier molecular flexibility index (Phi) is 5.20. The molecule has 156 valence electrons. The van der Waals surface area contributed by atoms with Crippen molar-refractivity contribution in [1.29, 1.82) is 5.26 Å². The zero-order valence-corrected chi connectivity index (χ0v) is 18.1. The van der Waals surface area contributed by atoms with Crippen molar-refractivity contribution in [3.05, 3.63) is 41.0 Å². The molecule has 7 nitrogen and oxygen atoms in total. The number of anilines is 1. The van der Waals surface area contributed by atoms with Crippen molar-refractivity contribution in [1.82, 2.24) is 19.2 Å². The monoisotopic (exact) mass is 424 g/mol. The summed E-state index contributed by atoms with van der Waals surface area (Å²) in [6, 6.07) is 10.6. The summed E-state index contributed by atoms with van der Waals surface area (Å²) in [5.74, 6) is 1.16. The number of piperazine rings is 1. The van der Waals surface area contributed by atoms with Gasteiger partial charge in [-0.15, -0.1) is 12.4 Å². The molecule has 1 aliphatic carbocycles. The van der Waals surface area contributed by atoms with Gasteiger partial charge in [0.25, 0.3) is 0 Å². The zero-order chi connectivity index (χ0) is 20.1. The first-order valence-corrected chi connectivity index (χ1v) is 10.2. The number of amides is 2. The fraction of sp³-hybridized carbons (Fsp3) is 0.409. The number of nitrogens with zero attached hydrogens (tertiary/aromatic N) is 6. The predicted octanol–water partition coefficient (Wildman–Crippen LogP) is 3.07. The molecule has 0 atom stereocenters. The number of urea groups is 1. The lowest BCUT2D eigenvalue weighted by Crippen LogP contribution is -2.52. The number of imidazole rings is 1. The van der Waals surface area contributed by atoms with Gasteiger partial charge in [0, 0.05) is 40.3 Å². The molecule has 1 aliphatic heterocycles. The van der Waals surface area contributed by atoms with Crippen LogP contribution in [0.1, 0.15) is 23.1 Å². The van der Waals surface area contributed by atoms with Crippen LogP contribution < -0.4 is 4.90 Å². The van der Waals surface area contributed by atoms with Crippen LogP contribution in [0.2, 0.25) is 0 Å². The topological polar surface area (TPSA) is 67.9 Å². The molecule has 0 spiro atoms. The number of aromatic nitrogens is 2. The Bertz CT molecular complexity index is 1170. The summed E-state index contributed by atoms with van der Waals surface area (Å²) >= 11 is 0. The molecule has 3 aromatic rings. The summed E-state index contributed by atoms with van der Waals surface area (Å²) in [6.45, 7) is 2.94.